The van der Waals surface area contributed by atoms with E-state index in [0.29, 0.717) is 18.4 Å². The maximum absolute atomic E-state index is 12.0. The molecule has 2 aromatic rings. The van der Waals surface area contributed by atoms with E-state index in [1.165, 1.54) is 0 Å². The fourth-order valence-electron chi connectivity index (χ4n) is 2.74. The van der Waals surface area contributed by atoms with Crippen molar-refractivity contribution in [2.45, 2.75) is 19.8 Å². The Morgan fingerprint density at radius 1 is 1.32 bits per heavy atom. The average molecular weight is 293 g/mol. The molecule has 2 aromatic carbocycles. The van der Waals surface area contributed by atoms with Crippen molar-refractivity contribution in [3.05, 3.63) is 76.5 Å². The topological polar surface area (TPSA) is 61.4 Å². The lowest BCUT2D eigenvalue weighted by Gasteiger charge is -2.25. The molecule has 0 saturated carbocycles. The molecule has 1 radical (unpaired) electrons. The quantitative estimate of drug-likeness (QED) is 0.602. The van der Waals surface area contributed by atoms with Crippen molar-refractivity contribution < 1.29 is 10.0 Å². The van der Waals surface area contributed by atoms with Crippen LogP contribution < -0.4 is 10.8 Å². The van der Waals surface area contributed by atoms with Crippen LogP contribution in [0.3, 0.4) is 0 Å². The summed E-state index contributed by atoms with van der Waals surface area (Å²) in [6, 6.07) is 16.9. The summed E-state index contributed by atoms with van der Waals surface area (Å²) in [5, 5.41) is 12.4. The molecule has 1 aliphatic heterocycles. The van der Waals surface area contributed by atoms with Crippen LogP contribution in [0.4, 0.5) is 5.69 Å². The van der Waals surface area contributed by atoms with Gasteiger partial charge in [-0.3, -0.25) is 10.0 Å². The number of hydroxylamine groups is 1. The minimum atomic E-state index is -0.463. The molecular weight excluding hydrogens is 276 g/mol. The van der Waals surface area contributed by atoms with Gasteiger partial charge in [-0.25, -0.2) is 5.48 Å². The molecule has 111 valence electrons. The highest BCUT2D eigenvalue weighted by Gasteiger charge is 2.23. The SMILES string of the molecule is Cc1[c]ccc2c1NC(Cc1ccccc1)=C(C(=O)NO)C2. The number of anilines is 1. The first-order valence-corrected chi connectivity index (χ1v) is 7.16. The second kappa shape index (κ2) is 6.03. The highest BCUT2D eigenvalue weighted by molar-refractivity contribution is 5.95. The molecule has 0 bridgehead atoms. The van der Waals surface area contributed by atoms with Gasteiger partial charge in [0.2, 0.25) is 0 Å². The summed E-state index contributed by atoms with van der Waals surface area (Å²) in [5.41, 5.74) is 7.29. The summed E-state index contributed by atoms with van der Waals surface area (Å²) in [7, 11) is 0. The third kappa shape index (κ3) is 2.73. The van der Waals surface area contributed by atoms with E-state index in [1.807, 2.05) is 49.4 Å². The monoisotopic (exact) mass is 293 g/mol. The van der Waals surface area contributed by atoms with Gasteiger partial charge in [0.05, 0.1) is 0 Å². The average Bonchev–Trinajstić information content (AvgIpc) is 2.55. The molecule has 1 aliphatic rings. The number of hydrogen-bond donors (Lipinski definition) is 3. The molecule has 0 saturated heterocycles. The molecule has 4 heteroatoms. The van der Waals surface area contributed by atoms with Gasteiger partial charge in [-0.1, -0.05) is 42.5 Å². The summed E-state index contributed by atoms with van der Waals surface area (Å²) < 4.78 is 0. The first-order valence-electron chi connectivity index (χ1n) is 7.16. The highest BCUT2D eigenvalue weighted by Crippen LogP contribution is 2.31. The molecule has 0 atom stereocenters. The number of carbonyl (C=O) groups is 1. The zero-order valence-corrected chi connectivity index (χ0v) is 12.3. The van der Waals surface area contributed by atoms with Crippen LogP contribution in [0.1, 0.15) is 16.7 Å². The number of carbonyl (C=O) groups excluding carboxylic acids is 1. The maximum Gasteiger partial charge on any atom is 0.272 e. The molecule has 1 heterocycles. The van der Waals surface area contributed by atoms with Crippen molar-refractivity contribution in [1.82, 2.24) is 5.48 Å². The lowest BCUT2D eigenvalue weighted by molar-refractivity contribution is -0.125. The van der Waals surface area contributed by atoms with Crippen LogP contribution in [0, 0.1) is 13.0 Å². The summed E-state index contributed by atoms with van der Waals surface area (Å²) >= 11 is 0. The van der Waals surface area contributed by atoms with E-state index in [4.69, 9.17) is 5.21 Å². The summed E-state index contributed by atoms with van der Waals surface area (Å²) in [5.74, 6) is -0.463. The number of benzene rings is 2. The van der Waals surface area contributed by atoms with E-state index in [0.717, 1.165) is 28.1 Å². The Morgan fingerprint density at radius 3 is 2.82 bits per heavy atom. The summed E-state index contributed by atoms with van der Waals surface area (Å²) in [6.45, 7) is 1.99. The van der Waals surface area contributed by atoms with Crippen molar-refractivity contribution in [2.24, 2.45) is 0 Å². The third-order valence-electron chi connectivity index (χ3n) is 3.89. The van der Waals surface area contributed by atoms with E-state index in [9.17, 15) is 4.79 Å². The highest BCUT2D eigenvalue weighted by atomic mass is 16.5. The van der Waals surface area contributed by atoms with E-state index in [1.54, 1.807) is 5.48 Å². The van der Waals surface area contributed by atoms with Crippen molar-refractivity contribution in [3.8, 4) is 0 Å². The Labute approximate surface area is 129 Å². The van der Waals surface area contributed by atoms with E-state index >= 15 is 0 Å². The number of nitrogens with one attached hydrogen (secondary N) is 2. The Balaban J connectivity index is 2.00. The fraction of sp³-hybridized carbons (Fsp3) is 0.167. The molecular formula is C18H17N2O2. The van der Waals surface area contributed by atoms with E-state index in [2.05, 4.69) is 11.4 Å². The second-order valence-corrected chi connectivity index (χ2v) is 5.37. The van der Waals surface area contributed by atoms with Crippen LogP contribution in [-0.2, 0) is 17.6 Å². The van der Waals surface area contributed by atoms with Crippen LogP contribution in [0.5, 0.6) is 0 Å². The van der Waals surface area contributed by atoms with Crippen molar-refractivity contribution >= 4 is 11.6 Å². The van der Waals surface area contributed by atoms with Crippen molar-refractivity contribution in [2.75, 3.05) is 5.32 Å². The normalized spacial score (nSPS) is 13.4. The number of fused-ring (bicyclic) bond motifs is 1. The van der Waals surface area contributed by atoms with Gasteiger partial charge in [0.15, 0.2) is 0 Å². The van der Waals surface area contributed by atoms with Gasteiger partial charge in [0.1, 0.15) is 0 Å². The third-order valence-corrected chi connectivity index (χ3v) is 3.89. The molecule has 0 unspecified atom stereocenters. The first kappa shape index (κ1) is 14.4. The minimum Gasteiger partial charge on any atom is -0.358 e. The van der Waals surface area contributed by atoms with Crippen LogP contribution in [-0.4, -0.2) is 11.1 Å². The van der Waals surface area contributed by atoms with E-state index in [-0.39, 0.29) is 0 Å². The van der Waals surface area contributed by atoms with Crippen molar-refractivity contribution in [1.29, 1.82) is 0 Å². The number of hydrogen-bond acceptors (Lipinski definition) is 3. The molecule has 0 fully saturated rings. The lowest BCUT2D eigenvalue weighted by atomic mass is 9.92. The summed E-state index contributed by atoms with van der Waals surface area (Å²) in [4.78, 5) is 12.0. The van der Waals surface area contributed by atoms with Gasteiger partial charge in [0, 0.05) is 29.8 Å². The van der Waals surface area contributed by atoms with Gasteiger partial charge >= 0.3 is 0 Å². The van der Waals surface area contributed by atoms with Gasteiger partial charge < -0.3 is 5.32 Å². The molecule has 3 rings (SSSR count). The predicted molar refractivity (Wildman–Crippen MR) is 84.4 cm³/mol. The second-order valence-electron chi connectivity index (χ2n) is 5.37. The predicted octanol–water partition coefficient (Wildman–Crippen LogP) is 2.77. The molecule has 3 N–H and O–H groups in total. The van der Waals surface area contributed by atoms with Gasteiger partial charge in [-0.2, -0.15) is 0 Å². The number of rotatable bonds is 3. The Bertz CT molecular complexity index is 736. The molecule has 0 aliphatic carbocycles. The fourth-order valence-corrected chi connectivity index (χ4v) is 2.74. The maximum atomic E-state index is 12.0. The smallest absolute Gasteiger partial charge is 0.272 e. The van der Waals surface area contributed by atoms with Crippen molar-refractivity contribution in [3.63, 3.8) is 0 Å². The standard InChI is InChI=1S/C18H17N2O2/c1-12-6-5-9-14-11-15(18(21)20-22)16(19-17(12)14)10-13-7-3-2-4-8-13/h2-5,7-9,19,22H,10-11H2,1H3,(H,20,21). The van der Waals surface area contributed by atoms with Crippen LogP contribution in [0.2, 0.25) is 0 Å². The number of allylic oxidation sites excluding steroid dienone is 1. The summed E-state index contributed by atoms with van der Waals surface area (Å²) in [6.07, 6.45) is 1.10. The Morgan fingerprint density at radius 2 is 2.09 bits per heavy atom. The van der Waals surface area contributed by atoms with Gasteiger partial charge in [-0.15, -0.1) is 0 Å². The molecule has 1 amide bonds. The lowest BCUT2D eigenvalue weighted by Crippen LogP contribution is -2.28. The zero-order valence-electron chi connectivity index (χ0n) is 12.3. The van der Waals surface area contributed by atoms with Crippen LogP contribution in [0.15, 0.2) is 53.7 Å². The number of aryl methyl sites for hydroxylation is 1. The molecule has 0 spiro atoms. The Kier molecular flexibility index (Phi) is 3.94. The molecule has 4 nitrogen and oxygen atoms in total. The van der Waals surface area contributed by atoms with Gasteiger partial charge in [-0.05, 0) is 29.7 Å². The van der Waals surface area contributed by atoms with E-state index < -0.39 is 5.91 Å². The van der Waals surface area contributed by atoms with Crippen LogP contribution in [0.25, 0.3) is 0 Å². The molecule has 22 heavy (non-hydrogen) atoms. The number of amides is 1. The largest absolute Gasteiger partial charge is 0.358 e. The van der Waals surface area contributed by atoms with Gasteiger partial charge in [0.25, 0.3) is 5.91 Å². The minimum absolute atomic E-state index is 0.463. The molecule has 0 aromatic heterocycles. The van der Waals surface area contributed by atoms with Crippen LogP contribution >= 0.6 is 0 Å². The zero-order chi connectivity index (χ0) is 15.5. The Hall–Kier alpha value is -2.59. The first-order chi connectivity index (χ1) is 10.7.